The molecule has 198 valence electrons. The van der Waals surface area contributed by atoms with Gasteiger partial charge >= 0.3 is 6.09 Å². The first kappa shape index (κ1) is 26.5. The molecule has 2 aliphatic rings. The number of nitrogens with one attached hydrogen (secondary N) is 1. The van der Waals surface area contributed by atoms with Gasteiger partial charge in [0.15, 0.2) is 0 Å². The van der Waals surface area contributed by atoms with E-state index in [1.807, 2.05) is 69.3 Å². The lowest BCUT2D eigenvalue weighted by atomic mass is 9.69. The van der Waals surface area contributed by atoms with Gasteiger partial charge in [0.1, 0.15) is 18.4 Å². The predicted molar refractivity (Wildman–Crippen MR) is 142 cm³/mol. The summed E-state index contributed by atoms with van der Waals surface area (Å²) < 4.78 is 11.1. The third-order valence-electron chi connectivity index (χ3n) is 7.22. The first-order valence-corrected chi connectivity index (χ1v) is 12.9. The number of anilines is 1. The number of piperidine rings is 1. The molecule has 1 atom stereocenters. The maximum absolute atomic E-state index is 13.8. The smallest absolute Gasteiger partial charge is 0.410 e. The highest BCUT2D eigenvalue weighted by Crippen LogP contribution is 2.52. The fraction of sp³-hybridized carbons (Fsp3) is 0.483. The number of carbonyl (C=O) groups excluding carboxylic acids is 3. The molecular formula is C29H37N3O5. The molecule has 1 spiro atoms. The van der Waals surface area contributed by atoms with Gasteiger partial charge in [-0.2, -0.15) is 0 Å². The highest BCUT2D eigenvalue weighted by molar-refractivity contribution is 6.05. The Kier molecular flexibility index (Phi) is 7.48. The lowest BCUT2D eigenvalue weighted by Gasteiger charge is -2.44. The Balaban J connectivity index is 1.64. The minimum Gasteiger partial charge on any atom is -0.497 e. The van der Waals surface area contributed by atoms with Gasteiger partial charge in [-0.1, -0.05) is 37.3 Å². The van der Waals surface area contributed by atoms with E-state index in [0.29, 0.717) is 31.7 Å². The maximum atomic E-state index is 13.8. The molecule has 3 amide bonds. The van der Waals surface area contributed by atoms with Gasteiger partial charge in [0, 0.05) is 36.2 Å². The van der Waals surface area contributed by atoms with Crippen LogP contribution in [-0.2, 0) is 26.3 Å². The Bertz CT molecular complexity index is 1150. The molecule has 1 fully saturated rings. The number of hydrogen-bond acceptors (Lipinski definition) is 5. The van der Waals surface area contributed by atoms with Crippen LogP contribution < -0.4 is 15.0 Å². The van der Waals surface area contributed by atoms with E-state index in [0.717, 1.165) is 16.8 Å². The fourth-order valence-corrected chi connectivity index (χ4v) is 5.48. The summed E-state index contributed by atoms with van der Waals surface area (Å²) in [5, 5.41) is 3.11. The number of fused-ring (bicyclic) bond motifs is 2. The topological polar surface area (TPSA) is 88.2 Å². The Hall–Kier alpha value is -3.55. The van der Waals surface area contributed by atoms with E-state index >= 15 is 0 Å². The molecule has 1 N–H and O–H groups in total. The summed E-state index contributed by atoms with van der Waals surface area (Å²) in [5.74, 6) is 0.371. The fourth-order valence-electron chi connectivity index (χ4n) is 5.48. The number of amides is 3. The van der Waals surface area contributed by atoms with Crippen LogP contribution in [0, 0.1) is 0 Å². The largest absolute Gasteiger partial charge is 0.497 e. The molecule has 0 bridgehead atoms. The second kappa shape index (κ2) is 10.4. The zero-order chi connectivity index (χ0) is 26.8. The first-order chi connectivity index (χ1) is 17.6. The molecule has 37 heavy (non-hydrogen) atoms. The molecule has 0 aromatic heterocycles. The quantitative estimate of drug-likeness (QED) is 0.648. The highest BCUT2D eigenvalue weighted by atomic mass is 16.6. The molecule has 1 saturated heterocycles. The molecular weight excluding hydrogens is 470 g/mol. The average molecular weight is 508 g/mol. The molecule has 0 saturated carbocycles. The van der Waals surface area contributed by atoms with Crippen molar-refractivity contribution in [3.63, 3.8) is 0 Å². The van der Waals surface area contributed by atoms with E-state index in [1.54, 1.807) is 23.8 Å². The number of ether oxygens (including phenoxy) is 2. The molecule has 2 aromatic carbocycles. The van der Waals surface area contributed by atoms with Crippen LogP contribution in [0.4, 0.5) is 10.5 Å². The molecule has 0 radical (unpaired) electrons. The number of carbonyl (C=O) groups is 3. The number of likely N-dealkylation sites (tertiary alicyclic amines) is 1. The van der Waals surface area contributed by atoms with Gasteiger partial charge < -0.3 is 19.7 Å². The van der Waals surface area contributed by atoms with Crippen molar-refractivity contribution >= 4 is 23.6 Å². The standard InChI is InChI=1S/C29H37N3O5/c1-6-24(33)32-23-13-12-21(36-5)18-22(23)29(25(32)26(34)30-28(2,3)4)14-16-31(17-15-29)27(35)37-19-20-10-8-7-9-11-20/h7-13,18,25H,6,14-17,19H2,1-5H3,(H,30,34). The van der Waals surface area contributed by atoms with E-state index in [2.05, 4.69) is 5.32 Å². The number of rotatable bonds is 5. The number of hydrogen-bond donors (Lipinski definition) is 1. The second-order valence-corrected chi connectivity index (χ2v) is 10.8. The predicted octanol–water partition coefficient (Wildman–Crippen LogP) is 4.41. The van der Waals surface area contributed by atoms with E-state index in [-0.39, 0.29) is 30.9 Å². The van der Waals surface area contributed by atoms with Gasteiger partial charge in [0.25, 0.3) is 0 Å². The van der Waals surface area contributed by atoms with Crippen molar-refractivity contribution in [1.82, 2.24) is 10.2 Å². The Labute approximate surface area is 218 Å². The number of methoxy groups -OCH3 is 1. The van der Waals surface area contributed by atoms with Crippen LogP contribution in [0.25, 0.3) is 0 Å². The van der Waals surface area contributed by atoms with Gasteiger partial charge in [0.2, 0.25) is 11.8 Å². The molecule has 2 aromatic rings. The molecule has 8 nitrogen and oxygen atoms in total. The summed E-state index contributed by atoms with van der Waals surface area (Å²) in [6.45, 7) is 8.63. The highest BCUT2D eigenvalue weighted by Gasteiger charge is 2.57. The van der Waals surface area contributed by atoms with E-state index < -0.39 is 17.0 Å². The first-order valence-electron chi connectivity index (χ1n) is 12.9. The molecule has 8 heteroatoms. The van der Waals surface area contributed by atoms with Gasteiger partial charge in [-0.05, 0) is 62.9 Å². The number of nitrogens with zero attached hydrogens (tertiary/aromatic N) is 2. The molecule has 1 unspecified atom stereocenters. The van der Waals surface area contributed by atoms with Crippen molar-refractivity contribution in [3.05, 3.63) is 59.7 Å². The summed E-state index contributed by atoms with van der Waals surface area (Å²) in [7, 11) is 1.60. The van der Waals surface area contributed by atoms with E-state index in [4.69, 9.17) is 9.47 Å². The second-order valence-electron chi connectivity index (χ2n) is 10.8. The van der Waals surface area contributed by atoms with Crippen LogP contribution in [-0.4, -0.2) is 54.6 Å². The van der Waals surface area contributed by atoms with Crippen molar-refractivity contribution in [1.29, 1.82) is 0 Å². The zero-order valence-electron chi connectivity index (χ0n) is 22.4. The molecule has 0 aliphatic carbocycles. The normalized spacial score (nSPS) is 18.4. The SMILES string of the molecule is CCC(=O)N1c2ccc(OC)cc2C2(CCN(C(=O)OCc3ccccc3)CC2)C1C(=O)NC(C)(C)C. The maximum Gasteiger partial charge on any atom is 0.410 e. The summed E-state index contributed by atoms with van der Waals surface area (Å²) in [5.41, 5.74) is 1.46. The van der Waals surface area contributed by atoms with Crippen molar-refractivity contribution < 1.29 is 23.9 Å². The lowest BCUT2D eigenvalue weighted by molar-refractivity contribution is -0.129. The van der Waals surface area contributed by atoms with Crippen LogP contribution in [0.1, 0.15) is 58.1 Å². The van der Waals surface area contributed by atoms with Crippen LogP contribution >= 0.6 is 0 Å². The minimum atomic E-state index is -0.719. The summed E-state index contributed by atoms with van der Waals surface area (Å²) in [6, 6.07) is 14.5. The van der Waals surface area contributed by atoms with Crippen LogP contribution in [0.3, 0.4) is 0 Å². The van der Waals surface area contributed by atoms with E-state index in [1.165, 1.54) is 0 Å². The molecule has 4 rings (SSSR count). The summed E-state index contributed by atoms with van der Waals surface area (Å²) >= 11 is 0. The zero-order valence-corrected chi connectivity index (χ0v) is 22.4. The minimum absolute atomic E-state index is 0.109. The summed E-state index contributed by atoms with van der Waals surface area (Å²) in [4.78, 5) is 43.3. The monoisotopic (exact) mass is 507 g/mol. The van der Waals surface area contributed by atoms with Crippen molar-refractivity contribution in [2.24, 2.45) is 0 Å². The molecule has 2 heterocycles. The Morgan fingerprint density at radius 2 is 1.73 bits per heavy atom. The van der Waals surface area contributed by atoms with Crippen molar-refractivity contribution in [2.75, 3.05) is 25.1 Å². The molecule has 2 aliphatic heterocycles. The summed E-state index contributed by atoms with van der Waals surface area (Å²) in [6.07, 6.45) is 0.936. The lowest BCUT2D eigenvalue weighted by Crippen LogP contribution is -2.61. The third-order valence-corrected chi connectivity index (χ3v) is 7.22. The van der Waals surface area contributed by atoms with Crippen LogP contribution in [0.2, 0.25) is 0 Å². The van der Waals surface area contributed by atoms with Crippen LogP contribution in [0.15, 0.2) is 48.5 Å². The van der Waals surface area contributed by atoms with Crippen molar-refractivity contribution in [2.45, 2.75) is 70.6 Å². The Morgan fingerprint density at radius 3 is 2.32 bits per heavy atom. The third kappa shape index (κ3) is 5.29. The van der Waals surface area contributed by atoms with Gasteiger partial charge in [-0.25, -0.2) is 4.79 Å². The van der Waals surface area contributed by atoms with Gasteiger partial charge in [-0.3, -0.25) is 14.5 Å². The average Bonchev–Trinajstić information content (AvgIpc) is 3.16. The van der Waals surface area contributed by atoms with Gasteiger partial charge in [0.05, 0.1) is 7.11 Å². The van der Waals surface area contributed by atoms with Crippen LogP contribution in [0.5, 0.6) is 5.75 Å². The number of benzene rings is 2. The van der Waals surface area contributed by atoms with E-state index in [9.17, 15) is 14.4 Å². The van der Waals surface area contributed by atoms with Crippen molar-refractivity contribution in [3.8, 4) is 5.75 Å². The van der Waals surface area contributed by atoms with Gasteiger partial charge in [-0.15, -0.1) is 0 Å². The Morgan fingerprint density at radius 1 is 1.05 bits per heavy atom.